The number of alkyl halides is 6. The monoisotopic (exact) mass is 549 g/mol. The van der Waals surface area contributed by atoms with Gasteiger partial charge in [-0.25, -0.2) is 14.6 Å². The summed E-state index contributed by atoms with van der Waals surface area (Å²) in [6.07, 6.45) is -8.13. The number of fused-ring (bicyclic) bond motifs is 1. The largest absolute Gasteiger partial charge is 0.490 e. The zero-order chi connectivity index (χ0) is 27.5. The summed E-state index contributed by atoms with van der Waals surface area (Å²) < 4.78 is 76.7. The number of hydrogen-bond acceptors (Lipinski definition) is 7. The van der Waals surface area contributed by atoms with Crippen LogP contribution in [0.1, 0.15) is 11.1 Å². The van der Waals surface area contributed by atoms with Gasteiger partial charge >= 0.3 is 24.1 Å². The maximum atomic E-state index is 12.9. The van der Waals surface area contributed by atoms with Gasteiger partial charge in [0.25, 0.3) is 0 Å². The molecule has 2 heterocycles. The van der Waals surface area contributed by atoms with Gasteiger partial charge in [0, 0.05) is 17.4 Å². The lowest BCUT2D eigenvalue weighted by Gasteiger charge is -2.13. The predicted octanol–water partition coefficient (Wildman–Crippen LogP) is 5.62. The lowest BCUT2D eigenvalue weighted by atomic mass is 10.2. The second kappa shape index (κ2) is 10.4. The van der Waals surface area contributed by atoms with E-state index < -0.39 is 34.7 Å². The number of benzene rings is 2. The van der Waals surface area contributed by atoms with Gasteiger partial charge in [0.15, 0.2) is 11.4 Å². The Hall–Kier alpha value is -4.27. The van der Waals surface area contributed by atoms with Crippen molar-refractivity contribution in [1.82, 2.24) is 14.6 Å². The normalized spacial score (nSPS) is 11.6. The lowest BCUT2D eigenvalue weighted by Crippen LogP contribution is -2.23. The Kier molecular flexibility index (Phi) is 7.66. The first-order chi connectivity index (χ1) is 17.2. The van der Waals surface area contributed by atoms with Crippen molar-refractivity contribution in [2.24, 2.45) is 0 Å². The van der Waals surface area contributed by atoms with Gasteiger partial charge in [0.1, 0.15) is 5.52 Å². The number of nitrogens with zero attached hydrogens (tertiary/aromatic N) is 3. The van der Waals surface area contributed by atoms with Crippen LogP contribution in [-0.2, 0) is 11.0 Å². The molecule has 2 aromatic heterocycles. The number of para-hydroxylation sites is 2. The molecule has 0 fully saturated rings. The van der Waals surface area contributed by atoms with E-state index in [1.54, 1.807) is 31.2 Å². The molecule has 0 radical (unpaired) electrons. The van der Waals surface area contributed by atoms with Gasteiger partial charge in [-0.15, -0.1) is 0 Å². The van der Waals surface area contributed by atoms with E-state index in [1.165, 1.54) is 16.9 Å². The minimum Gasteiger partial charge on any atom is -0.475 e. The Morgan fingerprint density at radius 1 is 1.11 bits per heavy atom. The van der Waals surface area contributed by atoms with Crippen LogP contribution in [0.4, 0.5) is 43.8 Å². The summed E-state index contributed by atoms with van der Waals surface area (Å²) >= 11 is 5.74. The minimum absolute atomic E-state index is 0.0970. The Labute approximate surface area is 207 Å². The topological polar surface area (TPSA) is 122 Å². The zero-order valence-corrected chi connectivity index (χ0v) is 19.0. The molecule has 0 spiro atoms. The zero-order valence-electron chi connectivity index (χ0n) is 18.3. The highest BCUT2D eigenvalue weighted by Crippen LogP contribution is 2.36. The molecule has 0 aliphatic rings. The van der Waals surface area contributed by atoms with E-state index in [-0.39, 0.29) is 11.6 Å². The number of hydrogen-bond donors (Lipinski definition) is 3. The van der Waals surface area contributed by atoms with Crippen LogP contribution in [0.2, 0.25) is 5.02 Å². The SMILES string of the molecule is Cc1cnc(Nc2ccc(C(F)(F)F)c(Cl)c2)nc1Nn1c(=O)oc2ccccc21.O=C(O)C(F)(F)F. The summed E-state index contributed by atoms with van der Waals surface area (Å²) in [6.45, 7) is 1.73. The van der Waals surface area contributed by atoms with Crippen molar-refractivity contribution in [1.29, 1.82) is 0 Å². The molecule has 9 nitrogen and oxygen atoms in total. The van der Waals surface area contributed by atoms with Crippen LogP contribution in [-0.4, -0.2) is 31.9 Å². The number of anilines is 3. The highest BCUT2D eigenvalue weighted by Gasteiger charge is 2.38. The molecular weight excluding hydrogens is 536 g/mol. The van der Waals surface area contributed by atoms with Gasteiger partial charge in [-0.3, -0.25) is 5.43 Å². The summed E-state index contributed by atoms with van der Waals surface area (Å²) in [5.74, 6) is -2.98. The molecule has 0 amide bonds. The van der Waals surface area contributed by atoms with Crippen molar-refractivity contribution in [2.45, 2.75) is 19.3 Å². The molecule has 4 aromatic rings. The van der Waals surface area contributed by atoms with E-state index in [9.17, 15) is 31.1 Å². The molecular formula is C21H14ClF6N5O4. The second-order valence-electron chi connectivity index (χ2n) is 7.13. The highest BCUT2D eigenvalue weighted by molar-refractivity contribution is 6.31. The van der Waals surface area contributed by atoms with Crippen LogP contribution < -0.4 is 16.5 Å². The highest BCUT2D eigenvalue weighted by atomic mass is 35.5. The molecule has 2 aromatic carbocycles. The molecule has 0 saturated heterocycles. The van der Waals surface area contributed by atoms with Crippen molar-refractivity contribution in [2.75, 3.05) is 10.7 Å². The van der Waals surface area contributed by atoms with Gasteiger partial charge in [0.2, 0.25) is 5.95 Å². The number of carbonyl (C=O) groups is 1. The molecule has 0 aliphatic heterocycles. The number of aromatic nitrogens is 3. The minimum atomic E-state index is -5.08. The van der Waals surface area contributed by atoms with Gasteiger partial charge in [-0.05, 0) is 37.3 Å². The molecule has 0 atom stereocenters. The number of carboxylic acids is 1. The Bertz CT molecular complexity index is 1500. The van der Waals surface area contributed by atoms with E-state index >= 15 is 0 Å². The smallest absolute Gasteiger partial charge is 0.475 e. The molecule has 4 rings (SSSR count). The van der Waals surface area contributed by atoms with E-state index in [0.717, 1.165) is 12.1 Å². The average molecular weight is 550 g/mol. The molecule has 3 N–H and O–H groups in total. The average Bonchev–Trinajstić information content (AvgIpc) is 3.10. The number of rotatable bonds is 4. The number of carboxylic acid groups (broad SMARTS) is 1. The lowest BCUT2D eigenvalue weighted by molar-refractivity contribution is -0.192. The summed E-state index contributed by atoms with van der Waals surface area (Å²) in [7, 11) is 0. The van der Waals surface area contributed by atoms with Gasteiger partial charge in [-0.2, -0.15) is 36.0 Å². The first-order valence-corrected chi connectivity index (χ1v) is 10.2. The van der Waals surface area contributed by atoms with E-state index in [0.29, 0.717) is 22.5 Å². The van der Waals surface area contributed by atoms with E-state index in [1.807, 2.05) is 0 Å². The summed E-state index contributed by atoms with van der Waals surface area (Å²) in [5, 5.41) is 9.47. The molecule has 196 valence electrons. The number of aliphatic carboxylic acids is 1. The van der Waals surface area contributed by atoms with Crippen LogP contribution in [0, 0.1) is 6.92 Å². The molecule has 0 aliphatic carbocycles. The summed E-state index contributed by atoms with van der Waals surface area (Å²) in [4.78, 5) is 29.4. The van der Waals surface area contributed by atoms with Gasteiger partial charge in [0.05, 0.1) is 10.6 Å². The number of nitrogens with one attached hydrogen (secondary N) is 2. The molecule has 16 heteroatoms. The van der Waals surface area contributed by atoms with Crippen LogP contribution in [0.15, 0.2) is 57.9 Å². The van der Waals surface area contributed by atoms with Gasteiger partial charge < -0.3 is 14.8 Å². The fourth-order valence-corrected chi connectivity index (χ4v) is 3.03. The van der Waals surface area contributed by atoms with E-state index in [2.05, 4.69) is 20.7 Å². The van der Waals surface area contributed by atoms with Crippen LogP contribution in [0.3, 0.4) is 0 Å². The molecule has 37 heavy (non-hydrogen) atoms. The maximum absolute atomic E-state index is 12.9. The summed E-state index contributed by atoms with van der Waals surface area (Å²) in [6, 6.07) is 10.1. The molecule has 0 bridgehead atoms. The molecule has 0 unspecified atom stereocenters. The first-order valence-electron chi connectivity index (χ1n) is 9.82. The fraction of sp³-hybridized carbons (Fsp3) is 0.143. The van der Waals surface area contributed by atoms with Crippen molar-refractivity contribution in [3.63, 3.8) is 0 Å². The van der Waals surface area contributed by atoms with Crippen LogP contribution in [0.5, 0.6) is 0 Å². The standard InChI is InChI=1S/C19H13ClF3N5O2.C2HF3O2/c1-10-9-24-17(25-11-6-7-12(13(20)8-11)19(21,22)23)26-16(10)27-28-14-4-2-3-5-15(14)30-18(28)29;3-2(4,5)1(6)7/h2-9H,1H3,(H2,24,25,26,27);(H,6,7). The number of halogens is 7. The van der Waals surface area contributed by atoms with Gasteiger partial charge in [-0.1, -0.05) is 23.7 Å². The van der Waals surface area contributed by atoms with Crippen molar-refractivity contribution in [3.05, 3.63) is 75.4 Å². The first kappa shape index (κ1) is 27.3. The third-order valence-electron chi connectivity index (χ3n) is 4.45. The fourth-order valence-electron chi connectivity index (χ4n) is 2.75. The van der Waals surface area contributed by atoms with Crippen LogP contribution in [0.25, 0.3) is 11.1 Å². The summed E-state index contributed by atoms with van der Waals surface area (Å²) in [5.41, 5.74) is 3.76. The third-order valence-corrected chi connectivity index (χ3v) is 4.76. The quantitative estimate of drug-likeness (QED) is 0.281. The van der Waals surface area contributed by atoms with Crippen molar-refractivity contribution < 1.29 is 40.7 Å². The van der Waals surface area contributed by atoms with Crippen molar-refractivity contribution in [3.8, 4) is 0 Å². The third kappa shape index (κ3) is 6.69. The number of aryl methyl sites for hydroxylation is 1. The predicted molar refractivity (Wildman–Crippen MR) is 120 cm³/mol. The number of oxazole rings is 1. The second-order valence-corrected chi connectivity index (χ2v) is 7.54. The Morgan fingerprint density at radius 3 is 2.35 bits per heavy atom. The maximum Gasteiger partial charge on any atom is 0.490 e. The Morgan fingerprint density at radius 2 is 1.76 bits per heavy atom. The van der Waals surface area contributed by atoms with Crippen LogP contribution >= 0.6 is 11.6 Å². The Balaban J connectivity index is 0.000000479. The van der Waals surface area contributed by atoms with E-state index in [4.69, 9.17) is 25.9 Å². The van der Waals surface area contributed by atoms with Crippen molar-refractivity contribution >= 4 is 46.1 Å². The molecule has 0 saturated carbocycles.